The van der Waals surface area contributed by atoms with Crippen LogP contribution in [0.4, 0.5) is 0 Å². The molecule has 1 aromatic carbocycles. The van der Waals surface area contributed by atoms with Crippen molar-refractivity contribution in [2.75, 3.05) is 6.61 Å². The first-order chi connectivity index (χ1) is 9.58. The Bertz CT molecular complexity index is 637. The van der Waals surface area contributed by atoms with E-state index < -0.39 is 6.10 Å². The van der Waals surface area contributed by atoms with Crippen LogP contribution in [0.1, 0.15) is 18.6 Å². The van der Waals surface area contributed by atoms with Crippen molar-refractivity contribution in [1.29, 1.82) is 0 Å². The predicted molar refractivity (Wildman–Crippen MR) is 78.3 cm³/mol. The Labute approximate surface area is 122 Å². The third-order valence-electron chi connectivity index (χ3n) is 2.93. The summed E-state index contributed by atoms with van der Waals surface area (Å²) in [5.41, 5.74) is 0.674. The Balaban J connectivity index is 1.98. The van der Waals surface area contributed by atoms with E-state index >= 15 is 0 Å². The fourth-order valence-corrected chi connectivity index (χ4v) is 2.04. The van der Waals surface area contributed by atoms with Crippen molar-refractivity contribution in [3.8, 4) is 5.75 Å². The van der Waals surface area contributed by atoms with Crippen LogP contribution in [0, 0.1) is 0 Å². The molecule has 0 fully saturated rings. The molecule has 0 saturated heterocycles. The van der Waals surface area contributed by atoms with Crippen LogP contribution in [-0.4, -0.2) is 16.3 Å². The number of nitrogens with zero attached hydrogens (tertiary/aromatic N) is 1. The summed E-state index contributed by atoms with van der Waals surface area (Å²) in [6, 6.07) is 10.2. The highest BCUT2D eigenvalue weighted by Crippen LogP contribution is 2.27. The van der Waals surface area contributed by atoms with E-state index in [0.29, 0.717) is 23.9 Å². The Morgan fingerprint density at radius 1 is 1.35 bits per heavy atom. The van der Waals surface area contributed by atoms with E-state index in [0.717, 1.165) is 5.56 Å². The number of hydrogen-bond acceptors (Lipinski definition) is 3. The minimum absolute atomic E-state index is 0.0633. The average molecular weight is 294 g/mol. The molecule has 4 nitrogen and oxygen atoms in total. The Kier molecular flexibility index (Phi) is 4.82. The highest BCUT2D eigenvalue weighted by molar-refractivity contribution is 6.32. The predicted octanol–water partition coefficient (Wildman–Crippen LogP) is 2.63. The standard InChI is InChI=1S/C15H16ClNO3/c1-11(18)12-5-6-14(13(16)10-12)20-9-8-17-7-3-2-4-15(17)19/h2-7,10-11,18H,8-9H2,1H3/t11-/m1/s1. The van der Waals surface area contributed by atoms with Gasteiger partial charge in [-0.15, -0.1) is 0 Å². The number of ether oxygens (including phenoxy) is 1. The smallest absolute Gasteiger partial charge is 0.250 e. The second-order valence-electron chi connectivity index (χ2n) is 4.45. The Morgan fingerprint density at radius 3 is 2.80 bits per heavy atom. The van der Waals surface area contributed by atoms with Crippen LogP contribution < -0.4 is 10.3 Å². The van der Waals surface area contributed by atoms with Gasteiger partial charge in [-0.05, 0) is 30.7 Å². The van der Waals surface area contributed by atoms with Crippen molar-refractivity contribution in [1.82, 2.24) is 4.57 Å². The number of halogens is 1. The summed E-state index contributed by atoms with van der Waals surface area (Å²) in [5, 5.41) is 9.90. The first-order valence-corrected chi connectivity index (χ1v) is 6.71. The highest BCUT2D eigenvalue weighted by Gasteiger charge is 2.06. The van der Waals surface area contributed by atoms with Crippen LogP contribution in [0.15, 0.2) is 47.4 Å². The summed E-state index contributed by atoms with van der Waals surface area (Å²) in [7, 11) is 0. The molecule has 0 aliphatic carbocycles. The molecule has 20 heavy (non-hydrogen) atoms. The monoisotopic (exact) mass is 293 g/mol. The molecule has 2 aromatic rings. The molecule has 2 rings (SSSR count). The molecule has 0 radical (unpaired) electrons. The maximum absolute atomic E-state index is 11.5. The van der Waals surface area contributed by atoms with Gasteiger partial charge in [0.2, 0.25) is 0 Å². The van der Waals surface area contributed by atoms with Gasteiger partial charge in [-0.25, -0.2) is 0 Å². The third-order valence-corrected chi connectivity index (χ3v) is 3.22. The Hall–Kier alpha value is -1.78. The van der Waals surface area contributed by atoms with Gasteiger partial charge < -0.3 is 14.4 Å². The van der Waals surface area contributed by atoms with Crippen LogP contribution >= 0.6 is 11.6 Å². The van der Waals surface area contributed by atoms with Crippen LogP contribution in [-0.2, 0) is 6.54 Å². The van der Waals surface area contributed by atoms with Gasteiger partial charge in [0.25, 0.3) is 5.56 Å². The lowest BCUT2D eigenvalue weighted by atomic mass is 10.1. The quantitative estimate of drug-likeness (QED) is 0.922. The van der Waals surface area contributed by atoms with Gasteiger partial charge in [0.1, 0.15) is 12.4 Å². The van der Waals surface area contributed by atoms with Gasteiger partial charge >= 0.3 is 0 Å². The van der Waals surface area contributed by atoms with Gasteiger partial charge in [-0.3, -0.25) is 4.79 Å². The molecule has 0 aliphatic rings. The van der Waals surface area contributed by atoms with Crippen molar-refractivity contribution in [2.45, 2.75) is 19.6 Å². The maximum atomic E-state index is 11.5. The molecule has 0 bridgehead atoms. The first kappa shape index (κ1) is 14.6. The topological polar surface area (TPSA) is 51.5 Å². The maximum Gasteiger partial charge on any atom is 0.250 e. The molecule has 0 amide bonds. The number of aliphatic hydroxyl groups is 1. The van der Waals surface area contributed by atoms with Crippen LogP contribution in [0.25, 0.3) is 0 Å². The van der Waals surface area contributed by atoms with Crippen molar-refractivity contribution >= 4 is 11.6 Å². The van der Waals surface area contributed by atoms with E-state index in [1.165, 1.54) is 6.07 Å². The Morgan fingerprint density at radius 2 is 2.15 bits per heavy atom. The van der Waals surface area contributed by atoms with Crippen LogP contribution in [0.3, 0.4) is 0 Å². The van der Waals surface area contributed by atoms with E-state index in [2.05, 4.69) is 0 Å². The molecular formula is C15H16ClNO3. The lowest BCUT2D eigenvalue weighted by Crippen LogP contribution is -2.21. The first-order valence-electron chi connectivity index (χ1n) is 6.33. The molecular weight excluding hydrogens is 278 g/mol. The van der Waals surface area contributed by atoms with E-state index in [9.17, 15) is 9.90 Å². The van der Waals surface area contributed by atoms with Gasteiger partial charge in [-0.2, -0.15) is 0 Å². The van der Waals surface area contributed by atoms with Gasteiger partial charge in [0.05, 0.1) is 17.7 Å². The lowest BCUT2D eigenvalue weighted by molar-refractivity contribution is 0.199. The van der Waals surface area contributed by atoms with E-state index in [1.54, 1.807) is 48.0 Å². The summed E-state index contributed by atoms with van der Waals surface area (Å²) in [4.78, 5) is 11.5. The highest BCUT2D eigenvalue weighted by atomic mass is 35.5. The summed E-state index contributed by atoms with van der Waals surface area (Å²) < 4.78 is 7.12. The fourth-order valence-electron chi connectivity index (χ4n) is 1.79. The third kappa shape index (κ3) is 3.62. The number of benzene rings is 1. The number of hydrogen-bond donors (Lipinski definition) is 1. The molecule has 106 valence electrons. The molecule has 1 heterocycles. The van der Waals surface area contributed by atoms with Gasteiger partial charge in [0, 0.05) is 12.3 Å². The lowest BCUT2D eigenvalue weighted by Gasteiger charge is -2.11. The molecule has 0 spiro atoms. The SMILES string of the molecule is C[C@@H](O)c1ccc(OCCn2ccccc2=O)c(Cl)c1. The molecule has 1 aromatic heterocycles. The van der Waals surface area contributed by atoms with Crippen LogP contribution in [0.2, 0.25) is 5.02 Å². The van der Waals surface area contributed by atoms with Gasteiger partial charge in [-0.1, -0.05) is 23.7 Å². The number of pyridine rings is 1. The minimum Gasteiger partial charge on any atom is -0.490 e. The molecule has 0 aliphatic heterocycles. The zero-order valence-electron chi connectivity index (χ0n) is 11.1. The summed E-state index contributed by atoms with van der Waals surface area (Å²) >= 11 is 6.08. The zero-order valence-corrected chi connectivity index (χ0v) is 11.9. The normalized spacial score (nSPS) is 12.2. The van der Waals surface area contributed by atoms with Crippen LogP contribution in [0.5, 0.6) is 5.75 Å². The summed E-state index contributed by atoms with van der Waals surface area (Å²) in [6.07, 6.45) is 1.15. The second-order valence-corrected chi connectivity index (χ2v) is 4.85. The van der Waals surface area contributed by atoms with E-state index in [1.807, 2.05) is 0 Å². The zero-order chi connectivity index (χ0) is 14.5. The van der Waals surface area contributed by atoms with E-state index in [-0.39, 0.29) is 5.56 Å². The van der Waals surface area contributed by atoms with Crippen molar-refractivity contribution in [2.24, 2.45) is 0 Å². The van der Waals surface area contributed by atoms with Gasteiger partial charge in [0.15, 0.2) is 0 Å². The van der Waals surface area contributed by atoms with Crippen molar-refractivity contribution in [3.05, 3.63) is 63.5 Å². The fraction of sp³-hybridized carbons (Fsp3) is 0.267. The summed E-state index contributed by atoms with van der Waals surface area (Å²) in [5.74, 6) is 0.542. The minimum atomic E-state index is -0.565. The molecule has 5 heteroatoms. The number of aromatic nitrogens is 1. The molecule has 1 N–H and O–H groups in total. The number of aliphatic hydroxyl groups excluding tert-OH is 1. The van der Waals surface area contributed by atoms with Crippen molar-refractivity contribution in [3.63, 3.8) is 0 Å². The second kappa shape index (κ2) is 6.59. The molecule has 0 unspecified atom stereocenters. The van der Waals surface area contributed by atoms with Crippen molar-refractivity contribution < 1.29 is 9.84 Å². The molecule has 1 atom stereocenters. The van der Waals surface area contributed by atoms with E-state index in [4.69, 9.17) is 16.3 Å². The average Bonchev–Trinajstić information content (AvgIpc) is 2.42. The molecule has 0 saturated carbocycles. The number of rotatable bonds is 5. The largest absolute Gasteiger partial charge is 0.490 e. The summed E-state index contributed by atoms with van der Waals surface area (Å²) in [6.45, 7) is 2.47.